The number of carbonyl (C=O) groups excluding carboxylic acids is 2. The van der Waals surface area contributed by atoms with Gasteiger partial charge in [-0.1, -0.05) is 24.9 Å². The van der Waals surface area contributed by atoms with Gasteiger partial charge >= 0.3 is 0 Å². The average molecular weight is 313 g/mol. The van der Waals surface area contributed by atoms with Gasteiger partial charge in [-0.2, -0.15) is 0 Å². The number of carbonyl (C=O) groups is 2. The van der Waals surface area contributed by atoms with Crippen LogP contribution in [0, 0.1) is 0 Å². The van der Waals surface area contributed by atoms with Crippen LogP contribution in [0.1, 0.15) is 42.6 Å². The van der Waals surface area contributed by atoms with Gasteiger partial charge in [0.15, 0.2) is 5.78 Å². The molecule has 0 saturated carbocycles. The number of unbranched alkanes of at least 4 members (excludes halogenated alkanes) is 1. The quantitative estimate of drug-likeness (QED) is 0.722. The zero-order valence-corrected chi connectivity index (χ0v) is 13.1. The number of nitrogens with two attached hydrogens (primary N) is 1. The lowest BCUT2D eigenvalue weighted by atomic mass is 10.1. The van der Waals surface area contributed by atoms with E-state index in [-0.39, 0.29) is 23.6 Å². The number of phenolic OH excluding ortho intramolecular Hbond substituents is 1. The van der Waals surface area contributed by atoms with Crippen LogP contribution in [0.25, 0.3) is 0 Å². The minimum absolute atomic E-state index is 0.0853. The summed E-state index contributed by atoms with van der Waals surface area (Å²) in [7, 11) is 0. The van der Waals surface area contributed by atoms with Gasteiger partial charge < -0.3 is 10.8 Å². The number of benzene rings is 1. The van der Waals surface area contributed by atoms with Crippen molar-refractivity contribution in [1.29, 1.82) is 0 Å². The summed E-state index contributed by atoms with van der Waals surface area (Å²) < 4.78 is 0. The van der Waals surface area contributed by atoms with Crippen molar-refractivity contribution in [3.63, 3.8) is 0 Å². The third kappa shape index (κ3) is 5.36. The lowest BCUT2D eigenvalue weighted by Gasteiger charge is -2.21. The van der Waals surface area contributed by atoms with Crippen molar-refractivity contribution >= 4 is 23.3 Å². The summed E-state index contributed by atoms with van der Waals surface area (Å²) in [5.74, 6) is -0.774. The smallest absolute Gasteiger partial charge is 0.231 e. The highest BCUT2D eigenvalue weighted by molar-refractivity contribution is 6.31. The second-order valence-corrected chi connectivity index (χ2v) is 5.48. The molecule has 1 amide bonds. The number of Topliss-reactive ketones (excluding diaryl/α,β-unsaturated/α-hetero) is 1. The number of amides is 1. The number of rotatable bonds is 8. The number of primary amides is 1. The van der Waals surface area contributed by atoms with Crippen molar-refractivity contribution < 1.29 is 14.7 Å². The SMILES string of the molecule is CCCCN(CC(N)=O)Cc1cc(Cl)cc(C(C)=O)c1O. The topological polar surface area (TPSA) is 83.6 Å². The molecule has 116 valence electrons. The predicted molar refractivity (Wildman–Crippen MR) is 82.5 cm³/mol. The van der Waals surface area contributed by atoms with Gasteiger partial charge in [0.25, 0.3) is 0 Å². The largest absolute Gasteiger partial charge is 0.507 e. The first kappa shape index (κ1) is 17.5. The molecule has 0 spiro atoms. The van der Waals surface area contributed by atoms with E-state index in [2.05, 4.69) is 0 Å². The lowest BCUT2D eigenvalue weighted by Crippen LogP contribution is -2.34. The summed E-state index contributed by atoms with van der Waals surface area (Å²) in [5, 5.41) is 10.5. The Hall–Kier alpha value is -1.59. The van der Waals surface area contributed by atoms with Crippen molar-refractivity contribution in [2.24, 2.45) is 5.73 Å². The molecule has 0 saturated heterocycles. The van der Waals surface area contributed by atoms with Crippen molar-refractivity contribution in [3.05, 3.63) is 28.3 Å². The van der Waals surface area contributed by atoms with Crippen LogP contribution in [-0.4, -0.2) is 34.8 Å². The van der Waals surface area contributed by atoms with Gasteiger partial charge in [0.1, 0.15) is 5.75 Å². The van der Waals surface area contributed by atoms with E-state index in [9.17, 15) is 14.7 Å². The Morgan fingerprint density at radius 3 is 2.57 bits per heavy atom. The molecule has 1 aromatic rings. The molecule has 0 bridgehead atoms. The van der Waals surface area contributed by atoms with Gasteiger partial charge in [-0.05, 0) is 32.0 Å². The van der Waals surface area contributed by atoms with Crippen molar-refractivity contribution in [2.45, 2.75) is 33.2 Å². The summed E-state index contributed by atoms with van der Waals surface area (Å²) in [4.78, 5) is 24.5. The molecular formula is C15H21ClN2O3. The third-order valence-corrected chi connectivity index (χ3v) is 3.35. The van der Waals surface area contributed by atoms with Crippen molar-refractivity contribution in [1.82, 2.24) is 4.90 Å². The van der Waals surface area contributed by atoms with Crippen LogP contribution in [0.2, 0.25) is 5.02 Å². The fourth-order valence-electron chi connectivity index (χ4n) is 2.10. The molecule has 1 rings (SSSR count). The first-order valence-electron chi connectivity index (χ1n) is 6.88. The Balaban J connectivity index is 3.01. The molecule has 6 heteroatoms. The van der Waals surface area contributed by atoms with Crippen LogP contribution in [-0.2, 0) is 11.3 Å². The highest BCUT2D eigenvalue weighted by atomic mass is 35.5. The number of aromatic hydroxyl groups is 1. The number of halogens is 1. The van der Waals surface area contributed by atoms with Gasteiger partial charge in [0.05, 0.1) is 12.1 Å². The minimum atomic E-state index is -0.431. The maximum absolute atomic E-state index is 11.5. The zero-order valence-electron chi connectivity index (χ0n) is 12.4. The van der Waals surface area contributed by atoms with E-state index in [0.29, 0.717) is 23.7 Å². The van der Waals surface area contributed by atoms with Crippen LogP contribution in [0.5, 0.6) is 5.75 Å². The van der Waals surface area contributed by atoms with Crippen molar-refractivity contribution in [2.75, 3.05) is 13.1 Å². The van der Waals surface area contributed by atoms with E-state index >= 15 is 0 Å². The van der Waals surface area contributed by atoms with Gasteiger partial charge in [0, 0.05) is 17.1 Å². The number of hydrogen-bond donors (Lipinski definition) is 2. The Bertz CT molecular complexity index is 532. The monoisotopic (exact) mass is 312 g/mol. The number of ketones is 1. The van der Waals surface area contributed by atoms with Crippen LogP contribution in [0.15, 0.2) is 12.1 Å². The van der Waals surface area contributed by atoms with Crippen LogP contribution >= 0.6 is 11.6 Å². The van der Waals surface area contributed by atoms with Crippen LogP contribution in [0.3, 0.4) is 0 Å². The molecule has 5 nitrogen and oxygen atoms in total. The highest BCUT2D eigenvalue weighted by Gasteiger charge is 2.16. The first-order valence-corrected chi connectivity index (χ1v) is 7.26. The summed E-state index contributed by atoms with van der Waals surface area (Å²) >= 11 is 5.99. The van der Waals surface area contributed by atoms with E-state index < -0.39 is 5.91 Å². The minimum Gasteiger partial charge on any atom is -0.507 e. The Kier molecular flexibility index (Phi) is 6.65. The van der Waals surface area contributed by atoms with Gasteiger partial charge in [0.2, 0.25) is 5.91 Å². The molecule has 0 aliphatic heterocycles. The molecule has 0 aromatic heterocycles. The van der Waals surface area contributed by atoms with Gasteiger partial charge in [-0.15, -0.1) is 0 Å². The molecule has 0 aliphatic rings. The summed E-state index contributed by atoms with van der Waals surface area (Å²) in [6.07, 6.45) is 1.89. The molecule has 0 aliphatic carbocycles. The van der Waals surface area contributed by atoms with E-state index in [0.717, 1.165) is 12.8 Å². The normalized spacial score (nSPS) is 10.9. The molecule has 3 N–H and O–H groups in total. The lowest BCUT2D eigenvalue weighted by molar-refractivity contribution is -0.119. The summed E-state index contributed by atoms with van der Waals surface area (Å²) in [5.41, 5.74) is 5.95. The average Bonchev–Trinajstić information content (AvgIpc) is 2.38. The molecule has 0 unspecified atom stereocenters. The standard InChI is InChI=1S/C15H21ClN2O3/c1-3-4-5-18(9-14(17)20)8-11-6-12(16)7-13(10(2)19)15(11)21/h6-7,21H,3-5,8-9H2,1-2H3,(H2,17,20). The van der Waals surface area contributed by atoms with Crippen LogP contribution < -0.4 is 5.73 Å². The van der Waals surface area contributed by atoms with Gasteiger partial charge in [-0.25, -0.2) is 0 Å². The first-order chi connectivity index (χ1) is 9.85. The molecule has 1 aromatic carbocycles. The fraction of sp³-hybridized carbons (Fsp3) is 0.467. The third-order valence-electron chi connectivity index (χ3n) is 3.13. The summed E-state index contributed by atoms with van der Waals surface area (Å²) in [6, 6.07) is 3.04. The van der Waals surface area contributed by atoms with Crippen molar-refractivity contribution in [3.8, 4) is 5.75 Å². The second kappa shape index (κ2) is 8.00. The Labute approximate surface area is 129 Å². The molecular weight excluding hydrogens is 292 g/mol. The summed E-state index contributed by atoms with van der Waals surface area (Å²) in [6.45, 7) is 4.51. The van der Waals surface area contributed by atoms with Gasteiger partial charge in [-0.3, -0.25) is 14.5 Å². The molecule has 0 atom stereocenters. The van der Waals surface area contributed by atoms with E-state index in [1.54, 1.807) is 6.07 Å². The number of hydrogen-bond acceptors (Lipinski definition) is 4. The maximum atomic E-state index is 11.5. The molecule has 21 heavy (non-hydrogen) atoms. The van der Waals surface area contributed by atoms with E-state index in [1.807, 2.05) is 11.8 Å². The fourth-order valence-corrected chi connectivity index (χ4v) is 2.34. The highest BCUT2D eigenvalue weighted by Crippen LogP contribution is 2.28. The van der Waals surface area contributed by atoms with E-state index in [1.165, 1.54) is 13.0 Å². The Morgan fingerprint density at radius 2 is 2.05 bits per heavy atom. The van der Waals surface area contributed by atoms with Crippen LogP contribution in [0.4, 0.5) is 0 Å². The number of phenols is 1. The Morgan fingerprint density at radius 1 is 1.38 bits per heavy atom. The number of nitrogens with zero attached hydrogens (tertiary/aromatic N) is 1. The molecule has 0 heterocycles. The van der Waals surface area contributed by atoms with E-state index in [4.69, 9.17) is 17.3 Å². The predicted octanol–water partition coefficient (Wildman–Crippen LogP) is 2.34. The second-order valence-electron chi connectivity index (χ2n) is 5.05. The molecule has 0 fully saturated rings. The molecule has 0 radical (unpaired) electrons. The maximum Gasteiger partial charge on any atom is 0.231 e. The zero-order chi connectivity index (χ0) is 16.0.